The van der Waals surface area contributed by atoms with Crippen LogP contribution >= 0.6 is 0 Å². The average molecular weight is 262 g/mol. The van der Waals surface area contributed by atoms with Gasteiger partial charge in [-0.3, -0.25) is 4.79 Å². The average Bonchev–Trinajstić information content (AvgIpc) is 2.90. The molecule has 0 aromatic heterocycles. The molecule has 2 aromatic rings. The van der Waals surface area contributed by atoms with Crippen molar-refractivity contribution in [1.82, 2.24) is 5.32 Å². The molecule has 1 aliphatic carbocycles. The highest BCUT2D eigenvalue weighted by atomic mass is 16.1. The van der Waals surface area contributed by atoms with Gasteiger partial charge in [0.2, 0.25) is 0 Å². The quantitative estimate of drug-likeness (QED) is 0.904. The first kappa shape index (κ1) is 12.4. The van der Waals surface area contributed by atoms with Gasteiger partial charge in [0.25, 0.3) is 5.91 Å². The summed E-state index contributed by atoms with van der Waals surface area (Å²) in [6, 6.07) is 17.1. The van der Waals surface area contributed by atoms with E-state index in [1.807, 2.05) is 36.4 Å². The van der Waals surface area contributed by atoms with E-state index < -0.39 is 0 Å². The number of carbonyl (C=O) groups is 1. The van der Waals surface area contributed by atoms with Crippen molar-refractivity contribution in [2.45, 2.75) is 18.9 Å². The monoisotopic (exact) mass is 262 g/mol. The van der Waals surface area contributed by atoms with E-state index in [0.717, 1.165) is 18.4 Å². The van der Waals surface area contributed by atoms with E-state index in [2.05, 4.69) is 11.4 Å². The van der Waals surface area contributed by atoms with E-state index in [1.165, 1.54) is 5.56 Å². The molecular weight excluding hydrogens is 248 g/mol. The standard InChI is InChI=1S/C17H14N2O/c18-11-12-6-7-13-8-9-16(15(13)10-12)19-17(20)14-4-2-1-3-5-14/h1-7,10,16H,8-9H2,(H,19,20)/t16-/m1/s1. The molecule has 2 aromatic carbocycles. The number of fused-ring (bicyclic) bond motifs is 1. The molecule has 0 aliphatic heterocycles. The number of carbonyl (C=O) groups excluding carboxylic acids is 1. The van der Waals surface area contributed by atoms with Crippen LogP contribution in [0.15, 0.2) is 48.5 Å². The summed E-state index contributed by atoms with van der Waals surface area (Å²) in [5.74, 6) is -0.0641. The number of amides is 1. The molecule has 98 valence electrons. The fraction of sp³-hybridized carbons (Fsp3) is 0.176. The summed E-state index contributed by atoms with van der Waals surface area (Å²) in [4.78, 5) is 12.2. The van der Waals surface area contributed by atoms with Gasteiger partial charge in [-0.05, 0) is 48.2 Å². The summed E-state index contributed by atoms with van der Waals surface area (Å²) in [5, 5.41) is 12.0. The molecule has 0 fully saturated rings. The Morgan fingerprint density at radius 3 is 2.75 bits per heavy atom. The molecule has 3 rings (SSSR count). The smallest absolute Gasteiger partial charge is 0.251 e. The van der Waals surface area contributed by atoms with E-state index in [0.29, 0.717) is 11.1 Å². The first-order valence-corrected chi connectivity index (χ1v) is 6.67. The summed E-state index contributed by atoms with van der Waals surface area (Å²) in [6.45, 7) is 0. The minimum absolute atomic E-state index is 0.00556. The predicted octanol–water partition coefficient (Wildman–Crippen LogP) is 2.98. The maximum atomic E-state index is 12.2. The Hall–Kier alpha value is -2.60. The van der Waals surface area contributed by atoms with Crippen LogP contribution in [0.4, 0.5) is 0 Å². The Labute approximate surface area is 117 Å². The van der Waals surface area contributed by atoms with Crippen LogP contribution in [0.3, 0.4) is 0 Å². The van der Waals surface area contributed by atoms with Crippen LogP contribution in [0.2, 0.25) is 0 Å². The molecule has 20 heavy (non-hydrogen) atoms. The fourth-order valence-corrected chi connectivity index (χ4v) is 2.65. The third-order valence-electron chi connectivity index (χ3n) is 3.69. The van der Waals surface area contributed by atoms with Gasteiger partial charge < -0.3 is 5.32 Å². The van der Waals surface area contributed by atoms with E-state index in [-0.39, 0.29) is 11.9 Å². The fourth-order valence-electron chi connectivity index (χ4n) is 2.65. The first-order chi connectivity index (χ1) is 9.78. The van der Waals surface area contributed by atoms with Crippen molar-refractivity contribution in [2.75, 3.05) is 0 Å². The lowest BCUT2D eigenvalue weighted by Crippen LogP contribution is -2.27. The van der Waals surface area contributed by atoms with Gasteiger partial charge in [0.05, 0.1) is 17.7 Å². The maximum absolute atomic E-state index is 12.2. The van der Waals surface area contributed by atoms with Gasteiger partial charge >= 0.3 is 0 Å². The molecule has 0 radical (unpaired) electrons. The Balaban J connectivity index is 1.82. The van der Waals surface area contributed by atoms with Crippen molar-refractivity contribution < 1.29 is 4.79 Å². The lowest BCUT2D eigenvalue weighted by Gasteiger charge is -2.14. The van der Waals surface area contributed by atoms with Crippen LogP contribution in [-0.2, 0) is 6.42 Å². The third-order valence-corrected chi connectivity index (χ3v) is 3.69. The van der Waals surface area contributed by atoms with Gasteiger partial charge in [-0.15, -0.1) is 0 Å². The van der Waals surface area contributed by atoms with Crippen molar-refractivity contribution in [3.05, 3.63) is 70.8 Å². The van der Waals surface area contributed by atoms with E-state index in [9.17, 15) is 4.79 Å². The SMILES string of the molecule is N#Cc1ccc2c(c1)[C@H](NC(=O)c1ccccc1)CC2. The first-order valence-electron chi connectivity index (χ1n) is 6.67. The number of nitrogens with one attached hydrogen (secondary N) is 1. The highest BCUT2D eigenvalue weighted by Crippen LogP contribution is 2.31. The largest absolute Gasteiger partial charge is 0.345 e. The second kappa shape index (κ2) is 5.18. The van der Waals surface area contributed by atoms with Crippen LogP contribution in [0.1, 0.15) is 39.5 Å². The zero-order chi connectivity index (χ0) is 13.9. The molecule has 0 unspecified atom stereocenters. The summed E-state index contributed by atoms with van der Waals surface area (Å²) < 4.78 is 0. The second-order valence-electron chi connectivity index (χ2n) is 4.96. The number of hydrogen-bond donors (Lipinski definition) is 1. The Morgan fingerprint density at radius 2 is 2.00 bits per heavy atom. The summed E-state index contributed by atoms with van der Waals surface area (Å²) in [7, 11) is 0. The van der Waals surface area contributed by atoms with E-state index in [4.69, 9.17) is 5.26 Å². The zero-order valence-corrected chi connectivity index (χ0v) is 11.0. The van der Waals surface area contributed by atoms with Crippen LogP contribution in [-0.4, -0.2) is 5.91 Å². The molecule has 0 bridgehead atoms. The number of nitriles is 1. The van der Waals surface area contributed by atoms with Gasteiger partial charge in [0.15, 0.2) is 0 Å². The number of hydrogen-bond acceptors (Lipinski definition) is 2. The van der Waals surface area contributed by atoms with Crippen molar-refractivity contribution in [3.8, 4) is 6.07 Å². The number of nitrogens with zero attached hydrogens (tertiary/aromatic N) is 1. The van der Waals surface area contributed by atoms with Crippen molar-refractivity contribution in [3.63, 3.8) is 0 Å². The lowest BCUT2D eigenvalue weighted by atomic mass is 10.0. The molecule has 0 saturated heterocycles. The van der Waals surface area contributed by atoms with Gasteiger partial charge in [-0.2, -0.15) is 5.26 Å². The van der Waals surface area contributed by atoms with Crippen LogP contribution in [0.5, 0.6) is 0 Å². The van der Waals surface area contributed by atoms with Crippen LogP contribution < -0.4 is 5.32 Å². The number of aryl methyl sites for hydroxylation is 1. The van der Waals surface area contributed by atoms with E-state index >= 15 is 0 Å². The molecule has 0 heterocycles. The molecule has 0 spiro atoms. The molecule has 3 nitrogen and oxygen atoms in total. The lowest BCUT2D eigenvalue weighted by molar-refractivity contribution is 0.0936. The molecular formula is C17H14N2O. The Bertz CT molecular complexity index is 686. The topological polar surface area (TPSA) is 52.9 Å². The minimum Gasteiger partial charge on any atom is -0.345 e. The Kier molecular flexibility index (Phi) is 3.22. The highest BCUT2D eigenvalue weighted by molar-refractivity contribution is 5.94. The minimum atomic E-state index is -0.0641. The molecule has 3 heteroatoms. The normalized spacial score (nSPS) is 16.2. The van der Waals surface area contributed by atoms with E-state index in [1.54, 1.807) is 12.1 Å². The Morgan fingerprint density at radius 1 is 1.20 bits per heavy atom. The molecule has 1 atom stereocenters. The van der Waals surface area contributed by atoms with Crippen molar-refractivity contribution >= 4 is 5.91 Å². The van der Waals surface area contributed by atoms with Crippen molar-refractivity contribution in [2.24, 2.45) is 0 Å². The summed E-state index contributed by atoms with van der Waals surface area (Å²) in [6.07, 6.45) is 1.84. The highest BCUT2D eigenvalue weighted by Gasteiger charge is 2.24. The maximum Gasteiger partial charge on any atom is 0.251 e. The number of benzene rings is 2. The third kappa shape index (κ3) is 2.28. The van der Waals surface area contributed by atoms with Gasteiger partial charge in [0.1, 0.15) is 0 Å². The summed E-state index contributed by atoms with van der Waals surface area (Å²) in [5.41, 5.74) is 3.61. The molecule has 0 saturated carbocycles. The molecule has 1 N–H and O–H groups in total. The summed E-state index contributed by atoms with van der Waals surface area (Å²) >= 11 is 0. The molecule has 1 aliphatic rings. The van der Waals surface area contributed by atoms with Gasteiger partial charge in [0, 0.05) is 5.56 Å². The van der Waals surface area contributed by atoms with Crippen LogP contribution in [0, 0.1) is 11.3 Å². The van der Waals surface area contributed by atoms with Crippen molar-refractivity contribution in [1.29, 1.82) is 5.26 Å². The second-order valence-corrected chi connectivity index (χ2v) is 4.96. The van der Waals surface area contributed by atoms with Crippen LogP contribution in [0.25, 0.3) is 0 Å². The zero-order valence-electron chi connectivity index (χ0n) is 11.0. The predicted molar refractivity (Wildman–Crippen MR) is 76.1 cm³/mol. The molecule has 1 amide bonds. The van der Waals surface area contributed by atoms with Gasteiger partial charge in [-0.25, -0.2) is 0 Å². The number of rotatable bonds is 2. The van der Waals surface area contributed by atoms with Gasteiger partial charge in [-0.1, -0.05) is 24.3 Å².